The molecule has 0 heterocycles. The molecule has 0 saturated heterocycles. The van der Waals surface area contributed by atoms with Crippen molar-refractivity contribution in [1.82, 2.24) is 0 Å². The zero-order valence-electron chi connectivity index (χ0n) is 11.4. The summed E-state index contributed by atoms with van der Waals surface area (Å²) in [5, 5.41) is 2.80. The van der Waals surface area contributed by atoms with Gasteiger partial charge in [0.05, 0.1) is 6.61 Å². The molecule has 3 heteroatoms. The van der Waals surface area contributed by atoms with Crippen molar-refractivity contribution in [2.24, 2.45) is 0 Å². The number of carbonyl (C=O) groups excluding carboxylic acids is 1. The summed E-state index contributed by atoms with van der Waals surface area (Å²) in [5.74, 6) is 0.642. The smallest absolute Gasteiger partial charge is 0.248 e. The highest BCUT2D eigenvalue weighted by Crippen LogP contribution is 2.15. The van der Waals surface area contributed by atoms with Crippen molar-refractivity contribution < 1.29 is 9.53 Å². The molecule has 2 aromatic rings. The molecule has 0 bridgehead atoms. The van der Waals surface area contributed by atoms with Crippen molar-refractivity contribution in [3.8, 4) is 5.75 Å². The van der Waals surface area contributed by atoms with Gasteiger partial charge in [0.1, 0.15) is 5.75 Å². The van der Waals surface area contributed by atoms with Crippen LogP contribution in [0.25, 0.3) is 6.08 Å². The van der Waals surface area contributed by atoms with Gasteiger partial charge in [-0.15, -0.1) is 0 Å². The molecule has 0 atom stereocenters. The average molecular weight is 267 g/mol. The molecule has 2 aromatic carbocycles. The number of nitrogens with one attached hydrogen (secondary N) is 1. The third-order valence-corrected chi connectivity index (χ3v) is 2.66. The molecule has 0 aliphatic carbocycles. The van der Waals surface area contributed by atoms with Crippen LogP contribution < -0.4 is 10.1 Å². The lowest BCUT2D eigenvalue weighted by Crippen LogP contribution is -2.07. The summed E-state index contributed by atoms with van der Waals surface area (Å²) in [6, 6.07) is 17.0. The molecule has 0 fully saturated rings. The first-order chi connectivity index (χ1) is 9.78. The summed E-state index contributed by atoms with van der Waals surface area (Å²) in [6.45, 7) is 2.57. The van der Waals surface area contributed by atoms with Crippen LogP contribution in [0.15, 0.2) is 60.7 Å². The fourth-order valence-electron chi connectivity index (χ4n) is 1.72. The van der Waals surface area contributed by atoms with Gasteiger partial charge in [0.2, 0.25) is 5.91 Å². The summed E-state index contributed by atoms with van der Waals surface area (Å²) in [6.07, 6.45) is 3.30. The van der Waals surface area contributed by atoms with E-state index in [9.17, 15) is 4.79 Å². The van der Waals surface area contributed by atoms with Gasteiger partial charge in [0, 0.05) is 11.8 Å². The molecule has 1 N–H and O–H groups in total. The molecule has 3 nitrogen and oxygen atoms in total. The number of hydrogen-bond donors (Lipinski definition) is 1. The maximum Gasteiger partial charge on any atom is 0.248 e. The molecule has 0 aromatic heterocycles. The molecular formula is C17H17NO2. The normalized spacial score (nSPS) is 10.4. The van der Waals surface area contributed by atoms with Crippen LogP contribution in [0, 0.1) is 0 Å². The van der Waals surface area contributed by atoms with Crippen LogP contribution in [0.3, 0.4) is 0 Å². The average Bonchev–Trinajstić information content (AvgIpc) is 2.49. The number of carbonyl (C=O) groups is 1. The third-order valence-electron chi connectivity index (χ3n) is 2.66. The summed E-state index contributed by atoms with van der Waals surface area (Å²) in [4.78, 5) is 11.8. The number of hydrogen-bond acceptors (Lipinski definition) is 2. The van der Waals surface area contributed by atoms with Crippen LogP contribution in [0.1, 0.15) is 12.5 Å². The van der Waals surface area contributed by atoms with Gasteiger partial charge in [-0.25, -0.2) is 0 Å². The highest BCUT2D eigenvalue weighted by atomic mass is 16.5. The largest absolute Gasteiger partial charge is 0.494 e. The first-order valence-electron chi connectivity index (χ1n) is 6.55. The van der Waals surface area contributed by atoms with E-state index < -0.39 is 0 Å². The number of benzene rings is 2. The Kier molecular flexibility index (Phi) is 4.95. The molecule has 0 aliphatic rings. The van der Waals surface area contributed by atoms with Crippen LogP contribution >= 0.6 is 0 Å². The van der Waals surface area contributed by atoms with E-state index in [2.05, 4.69) is 5.32 Å². The van der Waals surface area contributed by atoms with Gasteiger partial charge in [0.15, 0.2) is 0 Å². The Balaban J connectivity index is 1.92. The van der Waals surface area contributed by atoms with Gasteiger partial charge in [0.25, 0.3) is 0 Å². The van der Waals surface area contributed by atoms with Gasteiger partial charge >= 0.3 is 0 Å². The second-order valence-electron chi connectivity index (χ2n) is 4.19. The highest BCUT2D eigenvalue weighted by Gasteiger charge is 1.98. The van der Waals surface area contributed by atoms with Crippen LogP contribution in [-0.4, -0.2) is 12.5 Å². The quantitative estimate of drug-likeness (QED) is 0.838. The zero-order chi connectivity index (χ0) is 14.2. The van der Waals surface area contributed by atoms with Crippen LogP contribution in [0.2, 0.25) is 0 Å². The molecule has 0 unspecified atom stereocenters. The van der Waals surface area contributed by atoms with Crippen molar-refractivity contribution in [2.75, 3.05) is 11.9 Å². The van der Waals surface area contributed by atoms with Crippen LogP contribution in [0.4, 0.5) is 5.69 Å². The first kappa shape index (κ1) is 13.9. The Morgan fingerprint density at radius 1 is 1.10 bits per heavy atom. The molecule has 0 aliphatic heterocycles. The molecule has 0 saturated carbocycles. The van der Waals surface area contributed by atoms with E-state index in [0.717, 1.165) is 17.0 Å². The molecule has 0 spiro atoms. The summed E-state index contributed by atoms with van der Waals surface area (Å²) < 4.78 is 5.34. The minimum Gasteiger partial charge on any atom is -0.494 e. The Morgan fingerprint density at radius 2 is 1.80 bits per heavy atom. The predicted molar refractivity (Wildman–Crippen MR) is 81.7 cm³/mol. The molecule has 0 radical (unpaired) electrons. The highest BCUT2D eigenvalue weighted by molar-refractivity contribution is 6.01. The van der Waals surface area contributed by atoms with E-state index in [0.29, 0.717) is 6.61 Å². The fourth-order valence-corrected chi connectivity index (χ4v) is 1.72. The van der Waals surface area contributed by atoms with E-state index in [1.54, 1.807) is 6.08 Å². The van der Waals surface area contributed by atoms with E-state index >= 15 is 0 Å². The molecule has 2 rings (SSSR count). The summed E-state index contributed by atoms with van der Waals surface area (Å²) in [7, 11) is 0. The number of rotatable bonds is 5. The Labute approximate surface area is 118 Å². The minimum absolute atomic E-state index is 0.155. The maximum absolute atomic E-state index is 11.8. The van der Waals surface area contributed by atoms with Crippen LogP contribution in [-0.2, 0) is 4.79 Å². The Morgan fingerprint density at radius 3 is 2.45 bits per heavy atom. The number of amides is 1. The molecule has 1 amide bonds. The summed E-state index contributed by atoms with van der Waals surface area (Å²) >= 11 is 0. The minimum atomic E-state index is -0.155. The predicted octanol–water partition coefficient (Wildman–Crippen LogP) is 3.74. The van der Waals surface area contributed by atoms with Gasteiger partial charge in [-0.05, 0) is 42.8 Å². The second-order valence-corrected chi connectivity index (χ2v) is 4.19. The van der Waals surface area contributed by atoms with Gasteiger partial charge in [-0.1, -0.05) is 30.3 Å². The standard InChI is InChI=1S/C17H17NO2/c1-2-20-16-11-9-15(10-12-16)18-17(19)13-8-14-6-4-3-5-7-14/h3-13H,2H2,1H3,(H,18,19)/b13-8-. The van der Waals surface area contributed by atoms with E-state index in [4.69, 9.17) is 4.74 Å². The second kappa shape index (κ2) is 7.14. The van der Waals surface area contributed by atoms with Crippen molar-refractivity contribution >= 4 is 17.7 Å². The number of anilines is 1. The van der Waals surface area contributed by atoms with Gasteiger partial charge in [-0.3, -0.25) is 4.79 Å². The summed E-state index contributed by atoms with van der Waals surface area (Å²) in [5.41, 5.74) is 1.74. The van der Waals surface area contributed by atoms with Crippen molar-refractivity contribution in [2.45, 2.75) is 6.92 Å². The molecule has 20 heavy (non-hydrogen) atoms. The van der Waals surface area contributed by atoms with Crippen molar-refractivity contribution in [3.63, 3.8) is 0 Å². The van der Waals surface area contributed by atoms with Crippen LogP contribution in [0.5, 0.6) is 5.75 Å². The number of ether oxygens (including phenoxy) is 1. The fraction of sp³-hybridized carbons (Fsp3) is 0.118. The molecular weight excluding hydrogens is 250 g/mol. The Hall–Kier alpha value is -2.55. The monoisotopic (exact) mass is 267 g/mol. The molecule has 102 valence electrons. The zero-order valence-corrected chi connectivity index (χ0v) is 11.4. The SMILES string of the molecule is CCOc1ccc(NC(=O)/C=C\c2ccccc2)cc1. The van der Waals surface area contributed by atoms with E-state index in [1.165, 1.54) is 6.08 Å². The van der Waals surface area contributed by atoms with E-state index in [-0.39, 0.29) is 5.91 Å². The lowest BCUT2D eigenvalue weighted by molar-refractivity contribution is -0.111. The lowest BCUT2D eigenvalue weighted by atomic mass is 10.2. The van der Waals surface area contributed by atoms with E-state index in [1.807, 2.05) is 61.5 Å². The Bertz CT molecular complexity index is 574. The third kappa shape index (κ3) is 4.28. The van der Waals surface area contributed by atoms with Crippen molar-refractivity contribution in [3.05, 3.63) is 66.2 Å². The first-order valence-corrected chi connectivity index (χ1v) is 6.55. The maximum atomic E-state index is 11.8. The lowest BCUT2D eigenvalue weighted by Gasteiger charge is -2.05. The van der Waals surface area contributed by atoms with Gasteiger partial charge < -0.3 is 10.1 Å². The van der Waals surface area contributed by atoms with Crippen molar-refractivity contribution in [1.29, 1.82) is 0 Å². The topological polar surface area (TPSA) is 38.3 Å². The van der Waals surface area contributed by atoms with Gasteiger partial charge in [-0.2, -0.15) is 0 Å².